The van der Waals surface area contributed by atoms with Gasteiger partial charge in [0, 0.05) is 27.8 Å². The molecule has 1 aromatic heterocycles. The number of aromatic amines is 1. The van der Waals surface area contributed by atoms with E-state index in [-0.39, 0.29) is 0 Å². The Balaban J connectivity index is 1.75. The van der Waals surface area contributed by atoms with Crippen LogP contribution < -0.4 is 15.4 Å². The maximum Gasteiger partial charge on any atom is 0.439 e. The lowest BCUT2D eigenvalue weighted by Crippen LogP contribution is -2.08. The van der Waals surface area contributed by atoms with Gasteiger partial charge in [-0.25, -0.2) is 4.79 Å². The smallest absolute Gasteiger partial charge is 0.409 e. The molecule has 27 heavy (non-hydrogen) atoms. The average molecular weight is 422 g/mol. The number of nitrogens with zero attached hydrogens (tertiary/aromatic N) is 1. The Labute approximate surface area is 163 Å². The van der Waals surface area contributed by atoms with E-state index in [0.717, 1.165) is 32.0 Å². The van der Waals surface area contributed by atoms with Crippen LogP contribution in [-0.4, -0.2) is 18.1 Å². The predicted molar refractivity (Wildman–Crippen MR) is 111 cm³/mol. The van der Waals surface area contributed by atoms with E-state index in [1.165, 1.54) is 0 Å². The van der Waals surface area contributed by atoms with Gasteiger partial charge in [0.1, 0.15) is 5.75 Å². The van der Waals surface area contributed by atoms with E-state index in [2.05, 4.69) is 37.3 Å². The molecule has 4 rings (SSSR count). The number of benzene rings is 2. The van der Waals surface area contributed by atoms with Crippen LogP contribution in [-0.2, 0) is 0 Å². The highest BCUT2D eigenvalue weighted by molar-refractivity contribution is 9.10. The summed E-state index contributed by atoms with van der Waals surface area (Å²) < 4.78 is 6.18. The topological polar surface area (TPSA) is 66.5 Å². The molecule has 2 N–H and O–H groups in total. The van der Waals surface area contributed by atoms with Gasteiger partial charge in [0.15, 0.2) is 0 Å². The van der Waals surface area contributed by atoms with Crippen LogP contribution in [0.4, 0.5) is 10.5 Å². The molecule has 0 bridgehead atoms. The Morgan fingerprint density at radius 1 is 1.04 bits per heavy atom. The molecule has 0 aliphatic heterocycles. The third kappa shape index (κ3) is 3.57. The summed E-state index contributed by atoms with van der Waals surface area (Å²) in [5, 5.41) is 5.87. The van der Waals surface area contributed by atoms with Crippen molar-refractivity contribution in [1.82, 2.24) is 4.98 Å². The molecular weight excluding hydrogens is 406 g/mol. The van der Waals surface area contributed by atoms with Crippen molar-refractivity contribution in [3.8, 4) is 5.75 Å². The highest BCUT2D eigenvalue weighted by Crippen LogP contribution is 2.28. The molecule has 0 saturated heterocycles. The molecule has 5 nitrogen and oxygen atoms in total. The van der Waals surface area contributed by atoms with Crippen molar-refractivity contribution >= 4 is 49.5 Å². The molecular formula is C21H16BrN3O2. The molecule has 0 aliphatic carbocycles. The molecule has 6 heteroatoms. The number of fused-ring (bicyclic) bond motifs is 3. The van der Waals surface area contributed by atoms with Gasteiger partial charge in [0.2, 0.25) is 0 Å². The van der Waals surface area contributed by atoms with Crippen LogP contribution in [0, 0.1) is 0 Å². The SMILES string of the molecule is CNc1cccc2c1[nH]c1cc(=NC(=O)Oc3ccc(Br)cc3)cccc12. The number of H-pyrrole nitrogens is 1. The number of amides is 1. The summed E-state index contributed by atoms with van der Waals surface area (Å²) in [6, 6.07) is 20.6. The summed E-state index contributed by atoms with van der Waals surface area (Å²) in [5.41, 5.74) is 2.93. The van der Waals surface area contributed by atoms with Gasteiger partial charge in [-0.1, -0.05) is 40.2 Å². The Morgan fingerprint density at radius 3 is 2.56 bits per heavy atom. The van der Waals surface area contributed by atoms with E-state index in [4.69, 9.17) is 4.74 Å². The third-order valence-electron chi connectivity index (χ3n) is 4.24. The van der Waals surface area contributed by atoms with Gasteiger partial charge >= 0.3 is 6.09 Å². The molecule has 0 saturated carbocycles. The summed E-state index contributed by atoms with van der Waals surface area (Å²) in [6.45, 7) is 0. The van der Waals surface area contributed by atoms with Crippen LogP contribution in [0.2, 0.25) is 0 Å². The van der Waals surface area contributed by atoms with Crippen molar-refractivity contribution in [2.45, 2.75) is 0 Å². The van der Waals surface area contributed by atoms with Crippen molar-refractivity contribution in [2.75, 3.05) is 12.4 Å². The number of hydrogen-bond donors (Lipinski definition) is 2. The fraction of sp³-hybridized carbons (Fsp3) is 0.0476. The number of aromatic nitrogens is 1. The first kappa shape index (κ1) is 17.3. The molecule has 0 spiro atoms. The molecule has 3 aromatic carbocycles. The van der Waals surface area contributed by atoms with Gasteiger partial charge in [-0.05, 0) is 42.5 Å². The summed E-state index contributed by atoms with van der Waals surface area (Å²) in [5.74, 6) is 0.446. The number of carbonyl (C=O) groups excluding carboxylic acids is 1. The number of hydrogen-bond acceptors (Lipinski definition) is 3. The van der Waals surface area contributed by atoms with Gasteiger partial charge in [0.25, 0.3) is 0 Å². The van der Waals surface area contributed by atoms with E-state index in [9.17, 15) is 4.79 Å². The van der Waals surface area contributed by atoms with E-state index in [0.29, 0.717) is 11.1 Å². The summed E-state index contributed by atoms with van der Waals surface area (Å²) in [4.78, 5) is 19.6. The van der Waals surface area contributed by atoms with E-state index < -0.39 is 6.09 Å². The Kier molecular flexibility index (Phi) is 4.64. The zero-order valence-electron chi connectivity index (χ0n) is 14.5. The molecule has 0 aliphatic rings. The van der Waals surface area contributed by atoms with E-state index in [1.54, 1.807) is 30.3 Å². The second kappa shape index (κ2) is 7.25. The van der Waals surface area contributed by atoms with Gasteiger partial charge < -0.3 is 15.0 Å². The maximum absolute atomic E-state index is 12.2. The fourth-order valence-electron chi connectivity index (χ4n) is 3.00. The van der Waals surface area contributed by atoms with Gasteiger partial charge in [-0.15, -0.1) is 0 Å². The second-order valence-electron chi connectivity index (χ2n) is 5.96. The number of para-hydroxylation sites is 1. The average Bonchev–Trinajstić information content (AvgIpc) is 2.88. The lowest BCUT2D eigenvalue weighted by Gasteiger charge is -2.00. The Morgan fingerprint density at radius 2 is 1.78 bits per heavy atom. The minimum atomic E-state index is -0.663. The molecule has 4 aromatic rings. The lowest BCUT2D eigenvalue weighted by molar-refractivity contribution is 0.210. The summed E-state index contributed by atoms with van der Waals surface area (Å²) in [6.07, 6.45) is -0.663. The summed E-state index contributed by atoms with van der Waals surface area (Å²) in [7, 11) is 1.89. The van der Waals surface area contributed by atoms with Crippen LogP contribution in [0.3, 0.4) is 0 Å². The summed E-state index contributed by atoms with van der Waals surface area (Å²) >= 11 is 3.35. The maximum atomic E-state index is 12.2. The van der Waals surface area contributed by atoms with Crippen molar-refractivity contribution in [2.24, 2.45) is 4.99 Å². The Bertz CT molecular complexity index is 1210. The highest BCUT2D eigenvalue weighted by atomic mass is 79.9. The molecule has 0 radical (unpaired) electrons. The minimum Gasteiger partial charge on any atom is -0.409 e. The van der Waals surface area contributed by atoms with E-state index >= 15 is 0 Å². The van der Waals surface area contributed by atoms with Crippen LogP contribution in [0.5, 0.6) is 5.75 Å². The van der Waals surface area contributed by atoms with Gasteiger partial charge in [-0.2, -0.15) is 4.99 Å². The van der Waals surface area contributed by atoms with Crippen molar-refractivity contribution < 1.29 is 9.53 Å². The predicted octanol–water partition coefficient (Wildman–Crippen LogP) is 5.23. The molecule has 1 amide bonds. The Hall–Kier alpha value is -3.12. The largest absolute Gasteiger partial charge is 0.439 e. The quantitative estimate of drug-likeness (QED) is 0.465. The van der Waals surface area contributed by atoms with E-state index in [1.807, 2.05) is 37.4 Å². The fourth-order valence-corrected chi connectivity index (χ4v) is 3.26. The first-order valence-corrected chi connectivity index (χ1v) is 9.18. The minimum absolute atomic E-state index is 0.446. The standard InChI is InChI=1S/C21H16BrN3O2/c1-23-18-7-3-6-17-16-5-2-4-14(12-19(16)25-20(17)18)24-21(26)27-15-10-8-13(22)9-11-15/h2-12,23,25H,1H3. The number of halogens is 1. The molecule has 0 fully saturated rings. The molecule has 0 unspecified atom stereocenters. The second-order valence-corrected chi connectivity index (χ2v) is 6.87. The highest BCUT2D eigenvalue weighted by Gasteiger charge is 2.07. The number of ether oxygens (including phenoxy) is 1. The molecule has 0 atom stereocenters. The number of anilines is 1. The number of carbonyl (C=O) groups is 1. The van der Waals surface area contributed by atoms with Gasteiger partial charge in [-0.3, -0.25) is 0 Å². The van der Waals surface area contributed by atoms with Crippen LogP contribution >= 0.6 is 15.9 Å². The monoisotopic (exact) mass is 421 g/mol. The van der Waals surface area contributed by atoms with Crippen LogP contribution in [0.1, 0.15) is 0 Å². The third-order valence-corrected chi connectivity index (χ3v) is 4.76. The van der Waals surface area contributed by atoms with Crippen LogP contribution in [0.25, 0.3) is 21.8 Å². The molecule has 134 valence electrons. The van der Waals surface area contributed by atoms with Crippen LogP contribution in [0.15, 0.2) is 76.2 Å². The first-order chi connectivity index (χ1) is 13.1. The van der Waals surface area contributed by atoms with Crippen molar-refractivity contribution in [3.05, 3.63) is 76.6 Å². The number of rotatable bonds is 2. The van der Waals surface area contributed by atoms with Gasteiger partial charge in [0.05, 0.1) is 16.6 Å². The first-order valence-electron chi connectivity index (χ1n) is 8.39. The number of nitrogens with one attached hydrogen (secondary N) is 2. The van der Waals surface area contributed by atoms with Crippen molar-refractivity contribution in [3.63, 3.8) is 0 Å². The lowest BCUT2D eigenvalue weighted by atomic mass is 10.2. The van der Waals surface area contributed by atoms with Crippen molar-refractivity contribution in [1.29, 1.82) is 0 Å². The molecule has 1 heterocycles. The normalized spacial score (nSPS) is 11.7. The zero-order valence-corrected chi connectivity index (χ0v) is 16.1. The zero-order chi connectivity index (χ0) is 18.8.